The van der Waals surface area contributed by atoms with Crippen molar-refractivity contribution in [3.8, 4) is 0 Å². The van der Waals surface area contributed by atoms with Crippen molar-refractivity contribution in [2.45, 2.75) is 65.9 Å². The Balaban J connectivity index is 3.00. The van der Waals surface area contributed by atoms with E-state index in [0.717, 1.165) is 0 Å². The zero-order valence-electron chi connectivity index (χ0n) is 13.6. The predicted octanol–water partition coefficient (Wildman–Crippen LogP) is 3.16. The fourth-order valence-corrected chi connectivity index (χ4v) is 2.35. The molecule has 0 saturated carbocycles. The van der Waals surface area contributed by atoms with Gasteiger partial charge in [0.25, 0.3) is 0 Å². The summed E-state index contributed by atoms with van der Waals surface area (Å²) in [4.78, 5) is 15.9. The minimum Gasteiger partial charge on any atom is -0.481 e. The molecule has 1 unspecified atom stereocenters. The van der Waals surface area contributed by atoms with Crippen molar-refractivity contribution in [1.82, 2.24) is 10.1 Å². The quantitative estimate of drug-likeness (QED) is 0.753. The Labute approximate surface area is 125 Å². The molecule has 0 bridgehead atoms. The second kappa shape index (κ2) is 7.02. The molecular formula is C15H26N2O4. The summed E-state index contributed by atoms with van der Waals surface area (Å²) in [6.07, 6.45) is 2.00. The number of carbonyl (C=O) groups is 1. The van der Waals surface area contributed by atoms with E-state index in [-0.39, 0.29) is 6.42 Å². The van der Waals surface area contributed by atoms with Gasteiger partial charge in [-0.05, 0) is 33.1 Å². The third-order valence-electron chi connectivity index (χ3n) is 4.38. The Morgan fingerprint density at radius 2 is 1.86 bits per heavy atom. The Kier molecular flexibility index (Phi) is 5.89. The van der Waals surface area contributed by atoms with E-state index in [4.69, 9.17) is 9.26 Å². The smallest absolute Gasteiger partial charge is 0.310 e. The highest BCUT2D eigenvalue weighted by atomic mass is 16.5. The molecule has 0 aliphatic rings. The highest BCUT2D eigenvalue weighted by Crippen LogP contribution is 2.32. The lowest BCUT2D eigenvalue weighted by Gasteiger charge is -2.25. The predicted molar refractivity (Wildman–Crippen MR) is 77.9 cm³/mol. The van der Waals surface area contributed by atoms with Gasteiger partial charge in [0.1, 0.15) is 5.60 Å². The van der Waals surface area contributed by atoms with Crippen LogP contribution in [0.4, 0.5) is 0 Å². The number of rotatable bonds is 9. The zero-order valence-corrected chi connectivity index (χ0v) is 13.6. The molecule has 0 radical (unpaired) electrons. The first-order valence-corrected chi connectivity index (χ1v) is 7.57. The minimum absolute atomic E-state index is 0.244. The van der Waals surface area contributed by atoms with Crippen LogP contribution in [0.5, 0.6) is 0 Å². The van der Waals surface area contributed by atoms with Gasteiger partial charge in [-0.2, -0.15) is 4.98 Å². The normalized spacial score (nSPS) is 14.9. The Morgan fingerprint density at radius 3 is 2.29 bits per heavy atom. The summed E-state index contributed by atoms with van der Waals surface area (Å²) in [7, 11) is 0. The van der Waals surface area contributed by atoms with Gasteiger partial charge >= 0.3 is 5.97 Å². The van der Waals surface area contributed by atoms with Crippen LogP contribution in [0, 0.1) is 5.41 Å². The van der Waals surface area contributed by atoms with Crippen LogP contribution in [0.3, 0.4) is 0 Å². The number of hydrogen-bond donors (Lipinski definition) is 1. The van der Waals surface area contributed by atoms with Crippen LogP contribution in [0.15, 0.2) is 4.52 Å². The summed E-state index contributed by atoms with van der Waals surface area (Å²) in [5.74, 6) is 0.0131. The molecule has 0 spiro atoms. The molecule has 1 atom stereocenters. The van der Waals surface area contributed by atoms with Crippen molar-refractivity contribution in [3.63, 3.8) is 0 Å². The van der Waals surface area contributed by atoms with Gasteiger partial charge in [-0.1, -0.05) is 25.9 Å². The lowest BCUT2D eigenvalue weighted by molar-refractivity contribution is -0.149. The van der Waals surface area contributed by atoms with Crippen LogP contribution in [0.25, 0.3) is 0 Å². The zero-order chi connectivity index (χ0) is 16.1. The van der Waals surface area contributed by atoms with Crippen molar-refractivity contribution in [1.29, 1.82) is 0 Å². The van der Waals surface area contributed by atoms with Gasteiger partial charge in [0.05, 0.1) is 5.41 Å². The number of carboxylic acids is 1. The van der Waals surface area contributed by atoms with Gasteiger partial charge in [0, 0.05) is 13.0 Å². The first kappa shape index (κ1) is 17.6. The number of ether oxygens (including phenoxy) is 1. The molecule has 1 N–H and O–H groups in total. The molecule has 0 aliphatic heterocycles. The van der Waals surface area contributed by atoms with Gasteiger partial charge in [-0.3, -0.25) is 4.79 Å². The molecule has 6 heteroatoms. The molecule has 1 heterocycles. The molecule has 0 aromatic carbocycles. The van der Waals surface area contributed by atoms with E-state index in [1.165, 1.54) is 0 Å². The van der Waals surface area contributed by atoms with Crippen LogP contribution in [-0.4, -0.2) is 27.8 Å². The molecule has 0 aliphatic carbocycles. The summed E-state index contributed by atoms with van der Waals surface area (Å²) in [5, 5.41) is 13.5. The number of carboxylic acid groups (broad SMARTS) is 1. The maximum Gasteiger partial charge on any atom is 0.310 e. The van der Waals surface area contributed by atoms with E-state index < -0.39 is 17.0 Å². The summed E-state index contributed by atoms with van der Waals surface area (Å²) in [6, 6.07) is 0. The van der Waals surface area contributed by atoms with Crippen molar-refractivity contribution in [2.24, 2.45) is 5.41 Å². The molecule has 1 rings (SSSR count). The molecule has 0 amide bonds. The highest BCUT2D eigenvalue weighted by molar-refractivity contribution is 5.74. The average Bonchev–Trinajstić information content (AvgIpc) is 2.93. The average molecular weight is 298 g/mol. The summed E-state index contributed by atoms with van der Waals surface area (Å²) >= 11 is 0. The molecule has 120 valence electrons. The lowest BCUT2D eigenvalue weighted by Crippen LogP contribution is -2.32. The number of aromatic nitrogens is 2. The number of aliphatic carboxylic acids is 1. The fourth-order valence-electron chi connectivity index (χ4n) is 2.35. The molecule has 21 heavy (non-hydrogen) atoms. The van der Waals surface area contributed by atoms with Gasteiger partial charge in [-0.15, -0.1) is 0 Å². The van der Waals surface area contributed by atoms with Gasteiger partial charge in [0.2, 0.25) is 11.7 Å². The highest BCUT2D eigenvalue weighted by Gasteiger charge is 2.38. The minimum atomic E-state index is -0.849. The Bertz CT molecular complexity index is 468. The van der Waals surface area contributed by atoms with E-state index in [2.05, 4.69) is 10.1 Å². The van der Waals surface area contributed by atoms with Crippen molar-refractivity contribution in [2.75, 3.05) is 6.61 Å². The van der Waals surface area contributed by atoms with E-state index >= 15 is 0 Å². The molecule has 1 aromatic rings. The standard InChI is InChI=1S/C15H26N2O4/c1-6-14(5,20-9-4)12-16-11(21-17-12)10-15(7-2,8-3)13(18)19/h6-10H2,1-5H3,(H,18,19). The molecule has 0 saturated heterocycles. The van der Waals surface area contributed by atoms with Crippen LogP contribution >= 0.6 is 0 Å². The number of hydrogen-bond acceptors (Lipinski definition) is 5. The summed E-state index contributed by atoms with van der Waals surface area (Å²) in [5.41, 5.74) is -1.45. The SMILES string of the molecule is CCOC(C)(CC)c1noc(CC(CC)(CC)C(=O)O)n1. The van der Waals surface area contributed by atoms with Crippen molar-refractivity contribution >= 4 is 5.97 Å². The Morgan fingerprint density at radius 1 is 1.24 bits per heavy atom. The summed E-state index contributed by atoms with van der Waals surface area (Å²) < 4.78 is 11.0. The van der Waals surface area contributed by atoms with E-state index in [9.17, 15) is 9.90 Å². The van der Waals surface area contributed by atoms with Gasteiger partial charge < -0.3 is 14.4 Å². The lowest BCUT2D eigenvalue weighted by atomic mass is 9.79. The van der Waals surface area contributed by atoms with E-state index in [0.29, 0.717) is 37.6 Å². The van der Waals surface area contributed by atoms with Gasteiger partial charge in [0.15, 0.2) is 0 Å². The third-order valence-corrected chi connectivity index (χ3v) is 4.38. The monoisotopic (exact) mass is 298 g/mol. The maximum atomic E-state index is 11.5. The molecule has 1 aromatic heterocycles. The van der Waals surface area contributed by atoms with Crippen molar-refractivity contribution < 1.29 is 19.2 Å². The second-order valence-electron chi connectivity index (χ2n) is 5.50. The van der Waals surface area contributed by atoms with E-state index in [1.807, 2.05) is 34.6 Å². The second-order valence-corrected chi connectivity index (χ2v) is 5.50. The van der Waals surface area contributed by atoms with Crippen LogP contribution in [-0.2, 0) is 21.6 Å². The third kappa shape index (κ3) is 3.61. The maximum absolute atomic E-state index is 11.5. The number of nitrogens with zero attached hydrogens (tertiary/aromatic N) is 2. The molecule has 6 nitrogen and oxygen atoms in total. The van der Waals surface area contributed by atoms with Crippen LogP contribution in [0.1, 0.15) is 65.6 Å². The molecule has 0 fully saturated rings. The Hall–Kier alpha value is -1.43. The molecular weight excluding hydrogens is 272 g/mol. The summed E-state index contributed by atoms with van der Waals surface area (Å²) in [6.45, 7) is 10.1. The topological polar surface area (TPSA) is 85.5 Å². The van der Waals surface area contributed by atoms with Crippen LogP contribution < -0.4 is 0 Å². The largest absolute Gasteiger partial charge is 0.481 e. The fraction of sp³-hybridized carbons (Fsp3) is 0.800. The van der Waals surface area contributed by atoms with Gasteiger partial charge in [-0.25, -0.2) is 0 Å². The van der Waals surface area contributed by atoms with E-state index in [1.54, 1.807) is 0 Å². The van der Waals surface area contributed by atoms with Crippen LogP contribution in [0.2, 0.25) is 0 Å². The van der Waals surface area contributed by atoms with Crippen molar-refractivity contribution in [3.05, 3.63) is 11.7 Å². The first-order chi connectivity index (χ1) is 9.87. The first-order valence-electron chi connectivity index (χ1n) is 7.57.